The molecule has 4 nitrogen and oxygen atoms in total. The summed E-state index contributed by atoms with van der Waals surface area (Å²) in [6.07, 6.45) is 0.0543. The Balaban J connectivity index is 1.30. The maximum atomic E-state index is 6.27. The summed E-state index contributed by atoms with van der Waals surface area (Å²) in [5.74, 6) is 0. The van der Waals surface area contributed by atoms with Gasteiger partial charge in [-0.25, -0.2) is 0 Å². The first-order chi connectivity index (χ1) is 11.9. The van der Waals surface area contributed by atoms with Crippen LogP contribution in [0, 0.1) is 0 Å². The molecule has 0 amide bonds. The van der Waals surface area contributed by atoms with Gasteiger partial charge in [0.1, 0.15) is 12.2 Å². The third-order valence-corrected chi connectivity index (χ3v) is 5.23. The highest BCUT2D eigenvalue weighted by Gasteiger charge is 2.65. The topological polar surface area (TPSA) is 30.7 Å². The van der Waals surface area contributed by atoms with Crippen molar-refractivity contribution in [2.45, 2.75) is 43.7 Å². The van der Waals surface area contributed by atoms with Crippen molar-refractivity contribution in [3.8, 4) is 0 Å². The fourth-order valence-corrected chi connectivity index (χ4v) is 4.01. The lowest BCUT2D eigenvalue weighted by Gasteiger charge is -2.25. The van der Waals surface area contributed by atoms with Gasteiger partial charge in [0.2, 0.25) is 0 Å². The van der Waals surface area contributed by atoms with Crippen molar-refractivity contribution in [3.05, 3.63) is 71.8 Å². The van der Waals surface area contributed by atoms with Gasteiger partial charge < -0.3 is 14.2 Å². The molecule has 0 saturated carbocycles. The Kier molecular flexibility index (Phi) is 3.64. The van der Waals surface area contributed by atoms with E-state index in [-0.39, 0.29) is 18.5 Å². The molecule has 2 bridgehead atoms. The van der Waals surface area contributed by atoms with Crippen LogP contribution in [0.3, 0.4) is 0 Å². The predicted molar refractivity (Wildman–Crippen MR) is 89.2 cm³/mol. The fourth-order valence-electron chi connectivity index (χ4n) is 4.01. The van der Waals surface area contributed by atoms with E-state index in [1.807, 2.05) is 18.2 Å². The Bertz CT molecular complexity index is 693. The Morgan fingerprint density at radius 2 is 1.62 bits per heavy atom. The molecule has 0 spiro atoms. The molecule has 0 N–H and O–H groups in total. The van der Waals surface area contributed by atoms with Crippen LogP contribution in [0.1, 0.15) is 11.1 Å². The molecule has 3 fully saturated rings. The van der Waals surface area contributed by atoms with E-state index < -0.39 is 0 Å². The molecular formula is C20H21NO3. The first kappa shape index (κ1) is 14.6. The lowest BCUT2D eigenvalue weighted by Crippen LogP contribution is -2.41. The largest absolute Gasteiger partial charge is 0.369 e. The third-order valence-electron chi connectivity index (χ3n) is 5.23. The molecule has 5 rings (SSSR count). The van der Waals surface area contributed by atoms with E-state index in [1.165, 1.54) is 11.1 Å². The van der Waals surface area contributed by atoms with Crippen molar-refractivity contribution in [3.63, 3.8) is 0 Å². The second-order valence-corrected chi connectivity index (χ2v) is 6.78. The van der Waals surface area contributed by atoms with Crippen LogP contribution in [0.2, 0.25) is 0 Å². The summed E-state index contributed by atoms with van der Waals surface area (Å²) in [6, 6.07) is 21.6. The van der Waals surface area contributed by atoms with Crippen LogP contribution in [0.5, 0.6) is 0 Å². The zero-order valence-corrected chi connectivity index (χ0v) is 13.5. The van der Waals surface area contributed by atoms with Crippen molar-refractivity contribution in [1.29, 1.82) is 0 Å². The van der Waals surface area contributed by atoms with E-state index >= 15 is 0 Å². The zero-order valence-electron chi connectivity index (χ0n) is 13.5. The van der Waals surface area contributed by atoms with Crippen LogP contribution < -0.4 is 0 Å². The van der Waals surface area contributed by atoms with Gasteiger partial charge in [-0.1, -0.05) is 60.7 Å². The zero-order chi connectivity index (χ0) is 15.9. The standard InChI is InChI=1S/C20H21NO3/c1-3-7-14(8-4-1)11-21-17-18(21)20-23-13-16(24-20)19(17)22-12-15-9-5-2-6-10-15/h1-10,16-20H,11-13H2/t16-,17-,18+,19-,20-,21?/m1/s1. The average Bonchev–Trinajstić information content (AvgIpc) is 3.18. The van der Waals surface area contributed by atoms with Crippen LogP contribution >= 0.6 is 0 Å². The highest BCUT2D eigenvalue weighted by Crippen LogP contribution is 2.46. The summed E-state index contributed by atoms with van der Waals surface area (Å²) >= 11 is 0. The van der Waals surface area contributed by atoms with Crippen LogP contribution in [0.4, 0.5) is 0 Å². The first-order valence-electron chi connectivity index (χ1n) is 8.62. The maximum absolute atomic E-state index is 6.27. The summed E-state index contributed by atoms with van der Waals surface area (Å²) in [5.41, 5.74) is 2.52. The molecule has 4 heteroatoms. The molecule has 3 heterocycles. The summed E-state index contributed by atoms with van der Waals surface area (Å²) in [7, 11) is 0. The molecule has 124 valence electrons. The van der Waals surface area contributed by atoms with Crippen LogP contribution in [0.15, 0.2) is 60.7 Å². The molecule has 24 heavy (non-hydrogen) atoms. The summed E-state index contributed by atoms with van der Waals surface area (Å²) < 4.78 is 18.1. The average molecular weight is 323 g/mol. The minimum absolute atomic E-state index is 0.0562. The van der Waals surface area contributed by atoms with Gasteiger partial charge in [0.15, 0.2) is 6.29 Å². The van der Waals surface area contributed by atoms with E-state index in [0.717, 1.165) is 6.54 Å². The van der Waals surface area contributed by atoms with Crippen molar-refractivity contribution in [1.82, 2.24) is 4.90 Å². The molecule has 1 unspecified atom stereocenters. The van der Waals surface area contributed by atoms with Crippen LogP contribution in [-0.2, 0) is 27.4 Å². The van der Waals surface area contributed by atoms with Gasteiger partial charge in [0.25, 0.3) is 0 Å². The number of fused-ring (bicyclic) bond motifs is 4. The molecule has 6 atom stereocenters. The molecule has 2 aromatic carbocycles. The smallest absolute Gasteiger partial charge is 0.175 e. The number of nitrogens with zero attached hydrogens (tertiary/aromatic N) is 1. The molecule has 3 aliphatic rings. The molecular weight excluding hydrogens is 302 g/mol. The SMILES string of the molecule is c1ccc(CO[C@H]2[C@H]3[C@@H]([C@@H]4OC[C@H]2O4)N3Cc2ccccc2)cc1. The quantitative estimate of drug-likeness (QED) is 0.792. The molecule has 2 aromatic rings. The number of benzene rings is 2. The Morgan fingerprint density at radius 3 is 2.38 bits per heavy atom. The highest BCUT2D eigenvalue weighted by atomic mass is 16.7. The van der Waals surface area contributed by atoms with Crippen molar-refractivity contribution in [2.75, 3.05) is 6.61 Å². The number of hydrogen-bond acceptors (Lipinski definition) is 4. The maximum Gasteiger partial charge on any atom is 0.175 e. The van der Waals surface area contributed by atoms with Gasteiger partial charge in [0, 0.05) is 6.54 Å². The molecule has 0 aromatic heterocycles. The third kappa shape index (κ3) is 2.56. The Labute approximate surface area is 141 Å². The van der Waals surface area contributed by atoms with E-state index in [9.17, 15) is 0 Å². The van der Waals surface area contributed by atoms with Crippen molar-refractivity contribution < 1.29 is 14.2 Å². The van der Waals surface area contributed by atoms with E-state index in [1.54, 1.807) is 0 Å². The predicted octanol–water partition coefficient (Wildman–Crippen LogP) is 2.58. The lowest BCUT2D eigenvalue weighted by molar-refractivity contribution is -0.121. The monoisotopic (exact) mass is 323 g/mol. The minimum atomic E-state index is -0.0831. The van der Waals surface area contributed by atoms with Crippen LogP contribution in [0.25, 0.3) is 0 Å². The Hall–Kier alpha value is -1.72. The number of hydrogen-bond donors (Lipinski definition) is 0. The highest BCUT2D eigenvalue weighted by molar-refractivity contribution is 5.21. The molecule has 3 saturated heterocycles. The Morgan fingerprint density at radius 1 is 0.917 bits per heavy atom. The summed E-state index contributed by atoms with van der Waals surface area (Å²) in [6.45, 7) is 2.20. The van der Waals surface area contributed by atoms with E-state index in [2.05, 4.69) is 47.4 Å². The van der Waals surface area contributed by atoms with Gasteiger partial charge in [-0.05, 0) is 11.1 Å². The number of rotatable bonds is 5. The van der Waals surface area contributed by atoms with E-state index in [0.29, 0.717) is 25.3 Å². The van der Waals surface area contributed by atoms with E-state index in [4.69, 9.17) is 14.2 Å². The molecule has 3 aliphatic heterocycles. The molecule has 0 radical (unpaired) electrons. The van der Waals surface area contributed by atoms with Gasteiger partial charge >= 0.3 is 0 Å². The second kappa shape index (κ2) is 5.97. The first-order valence-corrected chi connectivity index (χ1v) is 8.62. The second-order valence-electron chi connectivity index (χ2n) is 6.78. The molecule has 0 aliphatic carbocycles. The van der Waals surface area contributed by atoms with Gasteiger partial charge in [-0.3, -0.25) is 4.90 Å². The van der Waals surface area contributed by atoms with Crippen molar-refractivity contribution in [2.24, 2.45) is 0 Å². The van der Waals surface area contributed by atoms with Gasteiger partial charge in [-0.15, -0.1) is 0 Å². The van der Waals surface area contributed by atoms with Crippen LogP contribution in [-0.4, -0.2) is 42.1 Å². The van der Waals surface area contributed by atoms with Crippen molar-refractivity contribution >= 4 is 0 Å². The number of ether oxygens (including phenoxy) is 3. The normalized spacial score (nSPS) is 36.3. The minimum Gasteiger partial charge on any atom is -0.369 e. The summed E-state index contributed by atoms with van der Waals surface area (Å²) in [5, 5.41) is 0. The summed E-state index contributed by atoms with van der Waals surface area (Å²) in [4.78, 5) is 2.45. The fraction of sp³-hybridized carbons (Fsp3) is 0.400. The van der Waals surface area contributed by atoms with Gasteiger partial charge in [0.05, 0.1) is 25.3 Å². The van der Waals surface area contributed by atoms with Gasteiger partial charge in [-0.2, -0.15) is 0 Å². The lowest BCUT2D eigenvalue weighted by atomic mass is 10.1.